The first-order chi connectivity index (χ1) is 7.11. The Morgan fingerprint density at radius 2 is 2.27 bits per heavy atom. The molecule has 0 spiro atoms. The maximum Gasteiger partial charge on any atom is 0.287 e. The molecule has 0 atom stereocenters. The van der Waals surface area contributed by atoms with Crippen molar-refractivity contribution < 1.29 is 9.53 Å². The first kappa shape index (κ1) is 12.3. The highest BCUT2D eigenvalue weighted by Gasteiger charge is 2.18. The minimum atomic E-state index is -0.358. The van der Waals surface area contributed by atoms with Crippen molar-refractivity contribution in [1.29, 1.82) is 0 Å². The summed E-state index contributed by atoms with van der Waals surface area (Å²) in [5.41, 5.74) is 0. The molecular weight excluding hydrogens is 241 g/mol. The van der Waals surface area contributed by atoms with Gasteiger partial charge in [0.15, 0.2) is 5.15 Å². The summed E-state index contributed by atoms with van der Waals surface area (Å²) in [4.78, 5) is 15.2. The molecule has 15 heavy (non-hydrogen) atoms. The molecule has 84 valence electrons. The number of imidazole rings is 1. The molecule has 0 unspecified atom stereocenters. The molecule has 7 heteroatoms. The molecule has 0 bridgehead atoms. The summed E-state index contributed by atoms with van der Waals surface area (Å²) in [6, 6.07) is 0. The van der Waals surface area contributed by atoms with E-state index in [0.717, 1.165) is 0 Å². The van der Waals surface area contributed by atoms with Crippen LogP contribution in [0.4, 0.5) is 0 Å². The van der Waals surface area contributed by atoms with Gasteiger partial charge in [-0.05, 0) is 6.92 Å². The lowest BCUT2D eigenvalue weighted by Crippen LogP contribution is -2.23. The number of halogens is 2. The summed E-state index contributed by atoms with van der Waals surface area (Å²) in [6.45, 7) is 2.50. The average molecular weight is 252 g/mol. The van der Waals surface area contributed by atoms with Crippen molar-refractivity contribution in [2.45, 2.75) is 13.7 Å². The van der Waals surface area contributed by atoms with E-state index in [1.165, 1.54) is 11.6 Å². The molecule has 0 aliphatic rings. The van der Waals surface area contributed by atoms with Crippen molar-refractivity contribution in [3.8, 4) is 0 Å². The van der Waals surface area contributed by atoms with Gasteiger partial charge in [-0.25, -0.2) is 4.98 Å². The SMILES string of the molecule is CCOCn1c(C(=O)NC)nc(Cl)c1Cl. The van der Waals surface area contributed by atoms with E-state index in [-0.39, 0.29) is 28.8 Å². The second kappa shape index (κ2) is 5.34. The Labute approximate surface area is 97.3 Å². The molecule has 0 aliphatic heterocycles. The molecule has 1 heterocycles. The van der Waals surface area contributed by atoms with Gasteiger partial charge in [0.1, 0.15) is 11.9 Å². The van der Waals surface area contributed by atoms with Crippen LogP contribution in [-0.4, -0.2) is 29.1 Å². The molecule has 0 radical (unpaired) electrons. The van der Waals surface area contributed by atoms with Crippen molar-refractivity contribution >= 4 is 29.1 Å². The van der Waals surface area contributed by atoms with Crippen LogP contribution in [0.5, 0.6) is 0 Å². The number of ether oxygens (including phenoxy) is 1. The Morgan fingerprint density at radius 3 is 2.80 bits per heavy atom. The maximum absolute atomic E-state index is 11.4. The minimum absolute atomic E-state index is 0.0926. The van der Waals surface area contributed by atoms with Gasteiger partial charge in [-0.1, -0.05) is 23.2 Å². The summed E-state index contributed by atoms with van der Waals surface area (Å²) in [5.74, 6) is -0.218. The predicted octanol–water partition coefficient (Wildman–Crippen LogP) is 1.54. The predicted molar refractivity (Wildman–Crippen MR) is 57.3 cm³/mol. The minimum Gasteiger partial charge on any atom is -0.361 e. The zero-order chi connectivity index (χ0) is 11.4. The molecule has 0 saturated heterocycles. The number of nitrogens with one attached hydrogen (secondary N) is 1. The number of nitrogens with zero attached hydrogens (tertiary/aromatic N) is 2. The maximum atomic E-state index is 11.4. The average Bonchev–Trinajstić information content (AvgIpc) is 2.52. The molecule has 1 amide bonds. The summed E-state index contributed by atoms with van der Waals surface area (Å²) in [7, 11) is 1.50. The number of aromatic nitrogens is 2. The lowest BCUT2D eigenvalue weighted by molar-refractivity contribution is 0.0793. The highest BCUT2D eigenvalue weighted by atomic mass is 35.5. The van der Waals surface area contributed by atoms with E-state index in [1.54, 1.807) is 0 Å². The number of hydrogen-bond donors (Lipinski definition) is 1. The van der Waals surface area contributed by atoms with Gasteiger partial charge in [0.2, 0.25) is 5.82 Å². The molecule has 0 aliphatic carbocycles. The van der Waals surface area contributed by atoms with Crippen LogP contribution in [0.25, 0.3) is 0 Å². The third-order valence-corrected chi connectivity index (χ3v) is 2.46. The molecule has 1 rings (SSSR count). The van der Waals surface area contributed by atoms with Crippen molar-refractivity contribution in [3.63, 3.8) is 0 Å². The fourth-order valence-corrected chi connectivity index (χ4v) is 1.34. The number of carbonyl (C=O) groups is 1. The fraction of sp³-hybridized carbons (Fsp3) is 0.500. The van der Waals surface area contributed by atoms with E-state index in [4.69, 9.17) is 27.9 Å². The van der Waals surface area contributed by atoms with E-state index in [1.807, 2.05) is 6.92 Å². The molecule has 0 fully saturated rings. The Hall–Kier alpha value is -0.780. The van der Waals surface area contributed by atoms with Crippen molar-refractivity contribution in [1.82, 2.24) is 14.9 Å². The van der Waals surface area contributed by atoms with Crippen LogP contribution in [0.3, 0.4) is 0 Å². The van der Waals surface area contributed by atoms with E-state index >= 15 is 0 Å². The number of carbonyl (C=O) groups excluding carboxylic acids is 1. The van der Waals surface area contributed by atoms with Crippen molar-refractivity contribution in [2.24, 2.45) is 0 Å². The summed E-state index contributed by atoms with van der Waals surface area (Å²) >= 11 is 11.6. The largest absolute Gasteiger partial charge is 0.361 e. The van der Waals surface area contributed by atoms with Crippen LogP contribution in [0.1, 0.15) is 17.5 Å². The molecule has 0 aromatic carbocycles. The highest BCUT2D eigenvalue weighted by molar-refractivity contribution is 6.40. The molecule has 1 aromatic heterocycles. The second-order valence-corrected chi connectivity index (χ2v) is 3.36. The van der Waals surface area contributed by atoms with E-state index in [9.17, 15) is 4.79 Å². The van der Waals surface area contributed by atoms with Gasteiger partial charge in [0, 0.05) is 13.7 Å². The lowest BCUT2D eigenvalue weighted by Gasteiger charge is -2.07. The topological polar surface area (TPSA) is 56.1 Å². The molecule has 5 nitrogen and oxygen atoms in total. The third kappa shape index (κ3) is 2.62. The first-order valence-electron chi connectivity index (χ1n) is 4.33. The standard InChI is InChI=1S/C8H11Cl2N3O2/c1-3-15-4-13-6(10)5(9)12-7(13)8(14)11-2/h3-4H2,1-2H3,(H,11,14). The van der Waals surface area contributed by atoms with Crippen LogP contribution in [0, 0.1) is 0 Å². The van der Waals surface area contributed by atoms with Gasteiger partial charge in [-0.3, -0.25) is 9.36 Å². The zero-order valence-electron chi connectivity index (χ0n) is 8.38. The summed E-state index contributed by atoms with van der Waals surface area (Å²) in [5, 5.41) is 2.73. The van der Waals surface area contributed by atoms with Crippen LogP contribution in [-0.2, 0) is 11.5 Å². The normalized spacial score (nSPS) is 10.4. The van der Waals surface area contributed by atoms with Gasteiger partial charge in [0.05, 0.1) is 0 Å². The zero-order valence-corrected chi connectivity index (χ0v) is 9.89. The molecule has 1 aromatic rings. The Balaban J connectivity index is 3.03. The van der Waals surface area contributed by atoms with E-state index in [2.05, 4.69) is 10.3 Å². The summed E-state index contributed by atoms with van der Waals surface area (Å²) < 4.78 is 6.56. The summed E-state index contributed by atoms with van der Waals surface area (Å²) in [6.07, 6.45) is 0. The molecule has 0 saturated carbocycles. The Bertz CT molecular complexity index is 365. The number of rotatable bonds is 4. The van der Waals surface area contributed by atoms with Crippen molar-refractivity contribution in [2.75, 3.05) is 13.7 Å². The lowest BCUT2D eigenvalue weighted by atomic mass is 10.5. The molecule has 1 N–H and O–H groups in total. The van der Waals surface area contributed by atoms with Crippen LogP contribution < -0.4 is 5.32 Å². The third-order valence-electron chi connectivity index (χ3n) is 1.72. The Kier molecular flexibility index (Phi) is 4.38. The smallest absolute Gasteiger partial charge is 0.287 e. The van der Waals surface area contributed by atoms with Gasteiger partial charge < -0.3 is 10.1 Å². The van der Waals surface area contributed by atoms with E-state index < -0.39 is 0 Å². The van der Waals surface area contributed by atoms with Crippen LogP contribution in [0.2, 0.25) is 10.3 Å². The van der Waals surface area contributed by atoms with Crippen LogP contribution in [0.15, 0.2) is 0 Å². The van der Waals surface area contributed by atoms with Gasteiger partial charge in [-0.2, -0.15) is 0 Å². The van der Waals surface area contributed by atoms with Crippen molar-refractivity contribution in [3.05, 3.63) is 16.1 Å². The van der Waals surface area contributed by atoms with Gasteiger partial charge in [0.25, 0.3) is 5.91 Å². The molecular formula is C8H11Cl2N3O2. The Morgan fingerprint density at radius 1 is 1.60 bits per heavy atom. The van der Waals surface area contributed by atoms with Crippen LogP contribution >= 0.6 is 23.2 Å². The van der Waals surface area contributed by atoms with Gasteiger partial charge >= 0.3 is 0 Å². The van der Waals surface area contributed by atoms with E-state index in [0.29, 0.717) is 6.61 Å². The van der Waals surface area contributed by atoms with Gasteiger partial charge in [-0.15, -0.1) is 0 Å². The fourth-order valence-electron chi connectivity index (χ4n) is 0.989. The quantitative estimate of drug-likeness (QED) is 0.884. The first-order valence-corrected chi connectivity index (χ1v) is 5.08. The second-order valence-electron chi connectivity index (χ2n) is 2.65. The number of amides is 1. The monoisotopic (exact) mass is 251 g/mol. The highest BCUT2D eigenvalue weighted by Crippen LogP contribution is 2.22. The number of hydrogen-bond acceptors (Lipinski definition) is 3.